The Balaban J connectivity index is 1.78. The highest BCUT2D eigenvalue weighted by Gasteiger charge is 2.09. The molecule has 0 saturated carbocycles. The van der Waals surface area contributed by atoms with Crippen molar-refractivity contribution in [1.29, 1.82) is 0 Å². The summed E-state index contributed by atoms with van der Waals surface area (Å²) in [7, 11) is 1.99. The van der Waals surface area contributed by atoms with Crippen LogP contribution >= 0.6 is 39.1 Å². The number of imidazole rings is 1. The second kappa shape index (κ2) is 6.95. The molecule has 3 aromatic rings. The zero-order chi connectivity index (χ0) is 16.4. The first-order chi connectivity index (χ1) is 11.0. The fraction of sp³-hybridized carbons (Fsp3) is 0.118. The van der Waals surface area contributed by atoms with Crippen molar-refractivity contribution in [2.75, 3.05) is 5.32 Å². The van der Waals surface area contributed by atoms with Gasteiger partial charge in [-0.05, 0) is 29.8 Å². The molecule has 0 fully saturated rings. The molecule has 0 aliphatic carbocycles. The van der Waals surface area contributed by atoms with Crippen LogP contribution in [-0.4, -0.2) is 9.55 Å². The monoisotopic (exact) mass is 409 g/mol. The molecule has 0 bridgehead atoms. The average molecular weight is 411 g/mol. The number of rotatable bonds is 4. The molecular formula is C17H14BrCl2N3. The van der Waals surface area contributed by atoms with E-state index < -0.39 is 0 Å². The maximum atomic E-state index is 6.04. The summed E-state index contributed by atoms with van der Waals surface area (Å²) < 4.78 is 3.07. The number of aromatic nitrogens is 2. The van der Waals surface area contributed by atoms with Gasteiger partial charge < -0.3 is 9.88 Å². The van der Waals surface area contributed by atoms with Crippen LogP contribution in [0.4, 0.5) is 5.95 Å². The smallest absolute Gasteiger partial charge is 0.203 e. The lowest BCUT2D eigenvalue weighted by molar-refractivity contribution is 0.907. The number of hydrogen-bond donors (Lipinski definition) is 1. The van der Waals surface area contributed by atoms with Crippen molar-refractivity contribution in [1.82, 2.24) is 9.55 Å². The Morgan fingerprint density at radius 3 is 2.70 bits per heavy atom. The molecule has 0 radical (unpaired) electrons. The largest absolute Gasteiger partial charge is 0.352 e. The molecule has 3 nitrogen and oxygen atoms in total. The third-order valence-electron chi connectivity index (χ3n) is 3.54. The first kappa shape index (κ1) is 16.4. The number of anilines is 1. The molecule has 118 valence electrons. The number of nitrogens with one attached hydrogen (secondary N) is 1. The van der Waals surface area contributed by atoms with Gasteiger partial charge in [-0.3, -0.25) is 0 Å². The first-order valence-corrected chi connectivity index (χ1v) is 8.55. The van der Waals surface area contributed by atoms with Gasteiger partial charge in [-0.25, -0.2) is 4.98 Å². The molecule has 0 atom stereocenters. The van der Waals surface area contributed by atoms with E-state index in [9.17, 15) is 0 Å². The molecule has 0 aliphatic heterocycles. The van der Waals surface area contributed by atoms with Gasteiger partial charge in [0, 0.05) is 23.6 Å². The van der Waals surface area contributed by atoms with Crippen LogP contribution in [0.5, 0.6) is 0 Å². The van der Waals surface area contributed by atoms with Crippen LogP contribution in [0.2, 0.25) is 10.0 Å². The predicted molar refractivity (Wildman–Crippen MR) is 100 cm³/mol. The molecule has 0 amide bonds. The highest BCUT2D eigenvalue weighted by Crippen LogP contribution is 2.26. The Morgan fingerprint density at radius 2 is 1.96 bits per heavy atom. The quantitative estimate of drug-likeness (QED) is 0.591. The molecule has 1 aromatic heterocycles. The van der Waals surface area contributed by atoms with Gasteiger partial charge in [-0.2, -0.15) is 0 Å². The minimum absolute atomic E-state index is 0.556. The van der Waals surface area contributed by atoms with Crippen molar-refractivity contribution in [2.24, 2.45) is 7.05 Å². The van der Waals surface area contributed by atoms with Gasteiger partial charge in [0.25, 0.3) is 0 Å². The van der Waals surface area contributed by atoms with Crippen molar-refractivity contribution in [3.05, 3.63) is 68.7 Å². The average Bonchev–Trinajstić information content (AvgIpc) is 2.89. The van der Waals surface area contributed by atoms with E-state index in [1.165, 1.54) is 0 Å². The third-order valence-corrected chi connectivity index (χ3v) is 4.78. The second-order valence-electron chi connectivity index (χ2n) is 5.14. The molecule has 0 saturated heterocycles. The van der Waals surface area contributed by atoms with E-state index in [0.29, 0.717) is 16.6 Å². The Labute approximate surface area is 153 Å². The van der Waals surface area contributed by atoms with Crippen molar-refractivity contribution in [2.45, 2.75) is 6.54 Å². The van der Waals surface area contributed by atoms with Crippen LogP contribution in [0.3, 0.4) is 0 Å². The zero-order valence-electron chi connectivity index (χ0n) is 12.4. The van der Waals surface area contributed by atoms with Crippen LogP contribution in [0.15, 0.2) is 53.1 Å². The van der Waals surface area contributed by atoms with Gasteiger partial charge in [-0.15, -0.1) is 0 Å². The zero-order valence-corrected chi connectivity index (χ0v) is 15.5. The normalized spacial score (nSPS) is 10.8. The molecule has 1 heterocycles. The summed E-state index contributed by atoms with van der Waals surface area (Å²) in [4.78, 5) is 4.45. The Bertz CT molecular complexity index is 846. The van der Waals surface area contributed by atoms with E-state index in [0.717, 1.165) is 27.2 Å². The van der Waals surface area contributed by atoms with Crippen LogP contribution in [0.25, 0.3) is 11.3 Å². The number of hydrogen-bond acceptors (Lipinski definition) is 2. The van der Waals surface area contributed by atoms with E-state index >= 15 is 0 Å². The van der Waals surface area contributed by atoms with Gasteiger partial charge in [0.05, 0.1) is 21.9 Å². The van der Waals surface area contributed by atoms with Crippen molar-refractivity contribution in [3.8, 4) is 11.3 Å². The number of benzene rings is 2. The fourth-order valence-electron chi connectivity index (χ4n) is 2.32. The molecule has 3 rings (SSSR count). The van der Waals surface area contributed by atoms with Gasteiger partial charge >= 0.3 is 0 Å². The summed E-state index contributed by atoms with van der Waals surface area (Å²) in [5.41, 5.74) is 3.20. The van der Waals surface area contributed by atoms with Gasteiger partial charge in [0.1, 0.15) is 0 Å². The van der Waals surface area contributed by atoms with Crippen LogP contribution in [0, 0.1) is 0 Å². The lowest BCUT2D eigenvalue weighted by Gasteiger charge is -2.09. The van der Waals surface area contributed by atoms with E-state index in [-0.39, 0.29) is 0 Å². The topological polar surface area (TPSA) is 29.9 Å². The third kappa shape index (κ3) is 3.71. The van der Waals surface area contributed by atoms with E-state index in [1.807, 2.05) is 42.1 Å². The first-order valence-electron chi connectivity index (χ1n) is 7.00. The minimum atomic E-state index is 0.556. The Kier molecular flexibility index (Phi) is 4.95. The van der Waals surface area contributed by atoms with E-state index in [2.05, 4.69) is 38.4 Å². The summed E-state index contributed by atoms with van der Waals surface area (Å²) in [6.07, 6.45) is 1.86. The SMILES string of the molecule is Cn1c(-c2cccc(Br)c2)cnc1NCc1ccc(Cl)c(Cl)c1. The minimum Gasteiger partial charge on any atom is -0.352 e. The van der Waals surface area contributed by atoms with E-state index in [4.69, 9.17) is 23.2 Å². The maximum absolute atomic E-state index is 6.04. The maximum Gasteiger partial charge on any atom is 0.203 e. The molecule has 23 heavy (non-hydrogen) atoms. The lowest BCUT2D eigenvalue weighted by atomic mass is 10.2. The van der Waals surface area contributed by atoms with Crippen LogP contribution in [-0.2, 0) is 13.6 Å². The van der Waals surface area contributed by atoms with E-state index in [1.54, 1.807) is 6.07 Å². The van der Waals surface area contributed by atoms with Gasteiger partial charge in [-0.1, -0.05) is 57.3 Å². The van der Waals surface area contributed by atoms with Crippen LogP contribution in [0.1, 0.15) is 5.56 Å². The standard InChI is InChI=1S/C17H14BrCl2N3/c1-23-16(12-3-2-4-13(18)8-12)10-22-17(23)21-9-11-5-6-14(19)15(20)7-11/h2-8,10H,9H2,1H3,(H,21,22). The predicted octanol–water partition coefficient (Wildman–Crippen LogP) is 5.77. The van der Waals surface area contributed by atoms with Crippen LogP contribution < -0.4 is 5.32 Å². The molecule has 0 aliphatic rings. The highest BCUT2D eigenvalue weighted by molar-refractivity contribution is 9.10. The summed E-state index contributed by atoms with van der Waals surface area (Å²) in [6.45, 7) is 0.625. The molecule has 6 heteroatoms. The summed E-state index contributed by atoms with van der Waals surface area (Å²) >= 11 is 15.5. The molecule has 0 unspecified atom stereocenters. The molecular weight excluding hydrogens is 397 g/mol. The highest BCUT2D eigenvalue weighted by atomic mass is 79.9. The summed E-state index contributed by atoms with van der Waals surface area (Å²) in [6, 6.07) is 13.7. The molecule has 0 spiro atoms. The Morgan fingerprint density at radius 1 is 1.13 bits per heavy atom. The molecule has 2 aromatic carbocycles. The molecule has 1 N–H and O–H groups in total. The van der Waals surface area contributed by atoms with Gasteiger partial charge in [0.2, 0.25) is 5.95 Å². The van der Waals surface area contributed by atoms with Crippen molar-refractivity contribution < 1.29 is 0 Å². The number of nitrogens with zero attached hydrogens (tertiary/aromatic N) is 2. The van der Waals surface area contributed by atoms with Crippen molar-refractivity contribution in [3.63, 3.8) is 0 Å². The fourth-order valence-corrected chi connectivity index (χ4v) is 3.04. The lowest BCUT2D eigenvalue weighted by Crippen LogP contribution is -2.05. The second-order valence-corrected chi connectivity index (χ2v) is 6.87. The summed E-state index contributed by atoms with van der Waals surface area (Å²) in [5, 5.41) is 4.43. The summed E-state index contributed by atoms with van der Waals surface area (Å²) in [5.74, 6) is 0.797. The van der Waals surface area contributed by atoms with Gasteiger partial charge in [0.15, 0.2) is 0 Å². The number of halogens is 3. The Hall–Kier alpha value is -1.49. The van der Waals surface area contributed by atoms with Crippen molar-refractivity contribution >= 4 is 45.1 Å².